The predicted molar refractivity (Wildman–Crippen MR) is 106 cm³/mol. The van der Waals surface area contributed by atoms with Crippen molar-refractivity contribution in [2.24, 2.45) is 33.7 Å². The highest BCUT2D eigenvalue weighted by Gasteiger charge is 2.62. The maximum Gasteiger partial charge on any atom is 0.325 e. The Balaban J connectivity index is 1.65. The zero-order valence-corrected chi connectivity index (χ0v) is 18.1. The van der Waals surface area contributed by atoms with Crippen molar-refractivity contribution in [3.05, 3.63) is 11.4 Å². The molecule has 0 saturated heterocycles. The Morgan fingerprint density at radius 3 is 2.43 bits per heavy atom. The van der Waals surface area contributed by atoms with E-state index in [1.54, 1.807) is 0 Å². The van der Waals surface area contributed by atoms with Gasteiger partial charge < -0.3 is 5.11 Å². The molecule has 4 aliphatic rings. The maximum absolute atomic E-state index is 15.3. The summed E-state index contributed by atoms with van der Waals surface area (Å²) in [5.41, 5.74) is 0.0484. The van der Waals surface area contributed by atoms with Gasteiger partial charge in [0.05, 0.1) is 11.9 Å². The first kappa shape index (κ1) is 20.3. The van der Waals surface area contributed by atoms with E-state index in [2.05, 4.69) is 23.3 Å². The second-order valence-electron chi connectivity index (χ2n) is 10.2. The van der Waals surface area contributed by atoms with Crippen LogP contribution in [-0.2, 0) is 14.4 Å². The third kappa shape index (κ3) is 2.87. The summed E-state index contributed by atoms with van der Waals surface area (Å²) in [5, 5.41) is 14.6. The standard InChI is InChI=1S/C21H32FNO4S/c1-19-10-9-17(23-27-28(4,25)26)18(22)16(19)6-5-13-14(19)7-11-20(2)15(13)8-12-21(20,3)24/h13-15,24H,5-12H2,1-4H3/b23-17+/t13-,14+,15+,19-,20+,21+/m1/s1. The number of halogens is 1. The summed E-state index contributed by atoms with van der Waals surface area (Å²) in [6.45, 7) is 6.43. The van der Waals surface area contributed by atoms with Crippen molar-refractivity contribution in [2.75, 3.05) is 6.26 Å². The van der Waals surface area contributed by atoms with Crippen molar-refractivity contribution < 1.29 is 22.2 Å². The maximum atomic E-state index is 15.3. The molecule has 4 aliphatic carbocycles. The second-order valence-corrected chi connectivity index (χ2v) is 11.8. The molecule has 28 heavy (non-hydrogen) atoms. The Hall–Kier alpha value is -0.950. The largest absolute Gasteiger partial charge is 0.390 e. The third-order valence-electron chi connectivity index (χ3n) is 8.92. The highest BCUT2D eigenvalue weighted by Crippen LogP contribution is 2.67. The van der Waals surface area contributed by atoms with Crippen LogP contribution < -0.4 is 0 Å². The molecule has 0 spiro atoms. The molecule has 0 amide bonds. The Morgan fingerprint density at radius 2 is 1.75 bits per heavy atom. The molecule has 3 fully saturated rings. The summed E-state index contributed by atoms with van der Waals surface area (Å²) in [4.78, 5) is 0. The number of hydrogen-bond acceptors (Lipinski definition) is 5. The predicted octanol–water partition coefficient (Wildman–Crippen LogP) is 4.33. The summed E-state index contributed by atoms with van der Waals surface area (Å²) in [6, 6.07) is 0. The lowest BCUT2D eigenvalue weighted by Crippen LogP contribution is -2.54. The number of allylic oxidation sites excluding steroid dienone is 2. The first-order valence-corrected chi connectivity index (χ1v) is 12.3. The van der Waals surface area contributed by atoms with E-state index in [0.29, 0.717) is 30.6 Å². The van der Waals surface area contributed by atoms with Crippen LogP contribution in [-0.4, -0.2) is 31.1 Å². The molecule has 0 unspecified atom stereocenters. The fourth-order valence-corrected chi connectivity index (χ4v) is 7.33. The average molecular weight is 414 g/mol. The van der Waals surface area contributed by atoms with Crippen molar-refractivity contribution in [2.45, 2.75) is 77.7 Å². The molecular formula is C21H32FNO4S. The van der Waals surface area contributed by atoms with Crippen LogP contribution in [0.3, 0.4) is 0 Å². The van der Waals surface area contributed by atoms with E-state index < -0.39 is 15.7 Å². The van der Waals surface area contributed by atoms with Crippen molar-refractivity contribution >= 4 is 15.8 Å². The Morgan fingerprint density at radius 1 is 1.07 bits per heavy atom. The van der Waals surface area contributed by atoms with E-state index >= 15 is 4.39 Å². The molecule has 3 saturated carbocycles. The summed E-state index contributed by atoms with van der Waals surface area (Å²) >= 11 is 0. The minimum absolute atomic E-state index is 0.0467. The van der Waals surface area contributed by atoms with Gasteiger partial charge in [-0.25, -0.2) is 4.39 Å². The molecule has 6 atom stereocenters. The van der Waals surface area contributed by atoms with Gasteiger partial charge >= 0.3 is 10.1 Å². The molecule has 4 rings (SSSR count). The lowest BCUT2D eigenvalue weighted by molar-refractivity contribution is -0.117. The molecule has 0 aromatic rings. The van der Waals surface area contributed by atoms with E-state index in [0.717, 1.165) is 50.4 Å². The van der Waals surface area contributed by atoms with Crippen molar-refractivity contribution in [3.8, 4) is 0 Å². The minimum atomic E-state index is -3.74. The van der Waals surface area contributed by atoms with Gasteiger partial charge in [0, 0.05) is 0 Å². The van der Waals surface area contributed by atoms with Gasteiger partial charge in [0.15, 0.2) is 0 Å². The monoisotopic (exact) mass is 413 g/mol. The van der Waals surface area contributed by atoms with Crippen LogP contribution in [0.2, 0.25) is 0 Å². The zero-order valence-electron chi connectivity index (χ0n) is 17.3. The van der Waals surface area contributed by atoms with Gasteiger partial charge in [0.2, 0.25) is 0 Å². The second kappa shape index (κ2) is 6.27. The smallest absolute Gasteiger partial charge is 0.325 e. The van der Waals surface area contributed by atoms with Gasteiger partial charge in [-0.1, -0.05) is 19.0 Å². The average Bonchev–Trinajstić information content (AvgIpc) is 2.83. The van der Waals surface area contributed by atoms with Gasteiger partial charge in [-0.05, 0) is 92.4 Å². The van der Waals surface area contributed by atoms with E-state index in [-0.39, 0.29) is 22.4 Å². The summed E-state index contributed by atoms with van der Waals surface area (Å²) in [6.07, 6.45) is 7.57. The number of aliphatic hydroxyl groups is 1. The number of hydrogen-bond donors (Lipinski definition) is 1. The fourth-order valence-electron chi connectivity index (χ4n) is 7.10. The van der Waals surface area contributed by atoms with Gasteiger partial charge in [-0.15, -0.1) is 0 Å². The lowest BCUT2D eigenvalue weighted by Gasteiger charge is -2.59. The van der Waals surface area contributed by atoms with Crippen molar-refractivity contribution in [1.82, 2.24) is 0 Å². The van der Waals surface area contributed by atoms with Crippen LogP contribution in [0.25, 0.3) is 0 Å². The summed E-state index contributed by atoms with van der Waals surface area (Å²) in [7, 11) is -3.74. The number of nitrogens with zero attached hydrogens (tertiary/aromatic N) is 1. The molecule has 5 nitrogen and oxygen atoms in total. The van der Waals surface area contributed by atoms with Crippen LogP contribution in [0.4, 0.5) is 4.39 Å². The highest BCUT2D eigenvalue weighted by atomic mass is 32.2. The van der Waals surface area contributed by atoms with Gasteiger partial charge in [0.25, 0.3) is 0 Å². The van der Waals surface area contributed by atoms with E-state index in [4.69, 9.17) is 0 Å². The summed E-state index contributed by atoms with van der Waals surface area (Å²) < 4.78 is 42.2. The molecule has 158 valence electrons. The molecule has 7 heteroatoms. The first-order valence-electron chi connectivity index (χ1n) is 10.5. The number of fused-ring (bicyclic) bond motifs is 5. The molecule has 0 heterocycles. The Labute approximate surface area is 167 Å². The number of rotatable bonds is 2. The van der Waals surface area contributed by atoms with Gasteiger partial charge in [-0.2, -0.15) is 8.42 Å². The van der Waals surface area contributed by atoms with Crippen LogP contribution >= 0.6 is 0 Å². The SMILES string of the molecule is C[C@]12CC/C(=N\OS(C)(=O)=O)C(F)=C1CC[C@@H]1[C@@H]2CC[C@@]2(C)[C@H]1CC[C@]2(C)O. The van der Waals surface area contributed by atoms with Crippen LogP contribution in [0.1, 0.15) is 72.1 Å². The minimum Gasteiger partial charge on any atom is -0.390 e. The third-order valence-corrected chi connectivity index (χ3v) is 9.26. The molecule has 1 N–H and O–H groups in total. The highest BCUT2D eigenvalue weighted by molar-refractivity contribution is 7.85. The first-order chi connectivity index (χ1) is 12.9. The molecular weight excluding hydrogens is 381 g/mol. The lowest BCUT2D eigenvalue weighted by atomic mass is 9.46. The molecule has 0 aromatic carbocycles. The van der Waals surface area contributed by atoms with Gasteiger partial charge in [-0.3, -0.25) is 4.28 Å². The molecule has 0 aromatic heterocycles. The summed E-state index contributed by atoms with van der Waals surface area (Å²) in [5.74, 6) is 1.06. The van der Waals surface area contributed by atoms with Crippen LogP contribution in [0, 0.1) is 28.6 Å². The fraction of sp³-hybridized carbons (Fsp3) is 0.857. The molecule has 0 bridgehead atoms. The van der Waals surface area contributed by atoms with Crippen LogP contribution in [0.5, 0.6) is 0 Å². The van der Waals surface area contributed by atoms with Crippen molar-refractivity contribution in [1.29, 1.82) is 0 Å². The molecule has 0 radical (unpaired) electrons. The van der Waals surface area contributed by atoms with E-state index in [9.17, 15) is 13.5 Å². The quantitative estimate of drug-likeness (QED) is 0.684. The Bertz CT molecular complexity index is 848. The van der Waals surface area contributed by atoms with Crippen molar-refractivity contribution in [3.63, 3.8) is 0 Å². The normalized spacial score (nSPS) is 47.5. The van der Waals surface area contributed by atoms with E-state index in [1.807, 2.05) is 6.92 Å². The Kier molecular flexibility index (Phi) is 4.55. The van der Waals surface area contributed by atoms with Gasteiger partial charge in [0.1, 0.15) is 11.5 Å². The van der Waals surface area contributed by atoms with E-state index in [1.165, 1.54) is 0 Å². The number of oxime groups is 1. The molecule has 0 aliphatic heterocycles. The zero-order chi connectivity index (χ0) is 20.5. The topological polar surface area (TPSA) is 76.0 Å². The van der Waals surface area contributed by atoms with Crippen LogP contribution in [0.15, 0.2) is 16.6 Å².